The van der Waals surface area contributed by atoms with Gasteiger partial charge in [0.25, 0.3) is 0 Å². The molecule has 0 saturated heterocycles. The van der Waals surface area contributed by atoms with Gasteiger partial charge in [-0.15, -0.1) is 8.58 Å². The number of hydrogen-bond acceptors (Lipinski definition) is 1. The third-order valence-corrected chi connectivity index (χ3v) is 2.15. The predicted octanol–water partition coefficient (Wildman–Crippen LogP) is 1.07. The third-order valence-electron chi connectivity index (χ3n) is 0.715. The fourth-order valence-corrected chi connectivity index (χ4v) is 1.14. The van der Waals surface area contributed by atoms with Crippen molar-refractivity contribution < 1.29 is 5.11 Å². The summed E-state index contributed by atoms with van der Waals surface area (Å²) < 4.78 is 0. The maximum absolute atomic E-state index is 8.30. The van der Waals surface area contributed by atoms with E-state index in [0.717, 1.165) is 14.7 Å². The normalized spacial score (nSPS) is 11.1. The summed E-state index contributed by atoms with van der Waals surface area (Å²) in [6.45, 7) is 2.54. The molecule has 44 valence electrons. The summed E-state index contributed by atoms with van der Waals surface area (Å²) >= 11 is 0. The van der Waals surface area contributed by atoms with E-state index in [1.165, 1.54) is 12.6 Å². The molecule has 0 aliphatic rings. The molecule has 0 fully saturated rings. The zero-order valence-corrected chi connectivity index (χ0v) is 5.78. The van der Waals surface area contributed by atoms with E-state index >= 15 is 0 Å². The quantitative estimate of drug-likeness (QED) is 0.434. The van der Waals surface area contributed by atoms with Gasteiger partial charge in [-0.05, 0) is 12.3 Å². The van der Waals surface area contributed by atoms with Gasteiger partial charge >= 0.3 is 0 Å². The Morgan fingerprint density at radius 2 is 2.14 bits per heavy atom. The van der Waals surface area contributed by atoms with Crippen LogP contribution in [-0.2, 0) is 0 Å². The highest BCUT2D eigenvalue weighted by Gasteiger charge is 1.80. The standard InChI is InChI=1S/C5H13OP/c1-2-4-7-5-3-6/h6-7H,2-5H2,1H3. The lowest BCUT2D eigenvalue weighted by molar-refractivity contribution is 0.322. The van der Waals surface area contributed by atoms with Gasteiger partial charge in [-0.25, -0.2) is 0 Å². The van der Waals surface area contributed by atoms with Crippen molar-refractivity contribution in [2.45, 2.75) is 13.3 Å². The van der Waals surface area contributed by atoms with Crippen LogP contribution in [-0.4, -0.2) is 24.0 Å². The van der Waals surface area contributed by atoms with E-state index in [4.69, 9.17) is 5.11 Å². The zero-order chi connectivity index (χ0) is 5.54. The summed E-state index contributed by atoms with van der Waals surface area (Å²) in [5, 5.41) is 8.30. The average molecular weight is 120 g/mol. The van der Waals surface area contributed by atoms with Crippen molar-refractivity contribution >= 4 is 8.58 Å². The van der Waals surface area contributed by atoms with Crippen LogP contribution < -0.4 is 0 Å². The molecule has 0 bridgehead atoms. The second kappa shape index (κ2) is 6.39. The highest BCUT2D eigenvalue weighted by molar-refractivity contribution is 7.37. The van der Waals surface area contributed by atoms with E-state index < -0.39 is 0 Å². The number of aliphatic hydroxyl groups is 1. The van der Waals surface area contributed by atoms with Crippen molar-refractivity contribution in [3.8, 4) is 0 Å². The van der Waals surface area contributed by atoms with Crippen LogP contribution >= 0.6 is 8.58 Å². The minimum absolute atomic E-state index is 0.373. The van der Waals surface area contributed by atoms with Gasteiger partial charge in [-0.2, -0.15) is 0 Å². The van der Waals surface area contributed by atoms with E-state index in [1.54, 1.807) is 0 Å². The smallest absolute Gasteiger partial charge is 0.0467 e. The van der Waals surface area contributed by atoms with Crippen LogP contribution in [0.1, 0.15) is 13.3 Å². The van der Waals surface area contributed by atoms with Gasteiger partial charge in [0.15, 0.2) is 0 Å². The monoisotopic (exact) mass is 120 g/mol. The largest absolute Gasteiger partial charge is 0.396 e. The lowest BCUT2D eigenvalue weighted by Gasteiger charge is -1.91. The zero-order valence-electron chi connectivity index (χ0n) is 4.78. The van der Waals surface area contributed by atoms with Crippen LogP contribution in [0.15, 0.2) is 0 Å². The van der Waals surface area contributed by atoms with Crippen molar-refractivity contribution in [3.05, 3.63) is 0 Å². The Balaban J connectivity index is 2.45. The molecule has 0 heterocycles. The Bertz CT molecular complexity index is 27.3. The maximum Gasteiger partial charge on any atom is 0.0467 e. The average Bonchev–Trinajstić information content (AvgIpc) is 1.69. The fourth-order valence-electron chi connectivity index (χ4n) is 0.381. The molecule has 0 amide bonds. The molecule has 1 N–H and O–H groups in total. The summed E-state index contributed by atoms with van der Waals surface area (Å²) in [6.07, 6.45) is 3.56. The predicted molar refractivity (Wildman–Crippen MR) is 35.4 cm³/mol. The van der Waals surface area contributed by atoms with Crippen molar-refractivity contribution in [3.63, 3.8) is 0 Å². The Labute approximate surface area is 46.9 Å². The first kappa shape index (κ1) is 7.39. The molecule has 0 rings (SSSR count). The van der Waals surface area contributed by atoms with Gasteiger partial charge in [-0.3, -0.25) is 0 Å². The number of rotatable bonds is 4. The first-order valence-corrected chi connectivity index (χ1v) is 4.14. The molecule has 0 aliphatic carbocycles. The van der Waals surface area contributed by atoms with E-state index in [0.29, 0.717) is 6.61 Å². The van der Waals surface area contributed by atoms with Gasteiger partial charge in [0.1, 0.15) is 0 Å². The second-order valence-electron chi connectivity index (χ2n) is 1.47. The topological polar surface area (TPSA) is 20.2 Å². The molecule has 0 aromatic heterocycles. The highest BCUT2D eigenvalue weighted by atomic mass is 31.1. The summed E-state index contributed by atoms with van der Waals surface area (Å²) in [6, 6.07) is 0. The van der Waals surface area contributed by atoms with Crippen molar-refractivity contribution in [1.82, 2.24) is 0 Å². The van der Waals surface area contributed by atoms with Gasteiger partial charge in [0.2, 0.25) is 0 Å². The first-order chi connectivity index (χ1) is 3.41. The molecule has 0 aromatic carbocycles. The van der Waals surface area contributed by atoms with Crippen LogP contribution in [0, 0.1) is 0 Å². The van der Waals surface area contributed by atoms with E-state index in [2.05, 4.69) is 6.92 Å². The van der Waals surface area contributed by atoms with Gasteiger partial charge in [-0.1, -0.05) is 13.3 Å². The lowest BCUT2D eigenvalue weighted by atomic mass is 10.6. The van der Waals surface area contributed by atoms with Gasteiger partial charge in [0, 0.05) is 6.61 Å². The molecule has 7 heavy (non-hydrogen) atoms. The Hall–Kier alpha value is 0.390. The lowest BCUT2D eigenvalue weighted by Crippen LogP contribution is -1.83. The summed E-state index contributed by atoms with van der Waals surface area (Å²) in [5.74, 6) is 0. The fraction of sp³-hybridized carbons (Fsp3) is 1.00. The SMILES string of the molecule is CCCPCCO. The minimum Gasteiger partial charge on any atom is -0.396 e. The summed E-state index contributed by atoms with van der Waals surface area (Å²) in [4.78, 5) is 0. The molecular weight excluding hydrogens is 107 g/mol. The Morgan fingerprint density at radius 3 is 2.57 bits per heavy atom. The third kappa shape index (κ3) is 6.39. The van der Waals surface area contributed by atoms with E-state index in [-0.39, 0.29) is 0 Å². The van der Waals surface area contributed by atoms with Crippen molar-refractivity contribution in [1.29, 1.82) is 0 Å². The first-order valence-electron chi connectivity index (χ1n) is 2.73. The molecule has 0 aliphatic heterocycles. The van der Waals surface area contributed by atoms with E-state index in [1.807, 2.05) is 0 Å². The molecule has 0 saturated carbocycles. The molecule has 1 atom stereocenters. The van der Waals surface area contributed by atoms with Gasteiger partial charge < -0.3 is 5.11 Å². The summed E-state index contributed by atoms with van der Waals surface area (Å²) in [7, 11) is 0.982. The molecule has 2 heteroatoms. The molecule has 1 nitrogen and oxygen atoms in total. The van der Waals surface area contributed by atoms with Crippen LogP contribution in [0.2, 0.25) is 0 Å². The minimum atomic E-state index is 0.373. The van der Waals surface area contributed by atoms with Gasteiger partial charge in [0.05, 0.1) is 0 Å². The van der Waals surface area contributed by atoms with E-state index in [9.17, 15) is 0 Å². The maximum atomic E-state index is 8.30. The molecule has 1 unspecified atom stereocenters. The molecule has 0 radical (unpaired) electrons. The highest BCUT2D eigenvalue weighted by Crippen LogP contribution is 2.08. The van der Waals surface area contributed by atoms with Crippen LogP contribution in [0.25, 0.3) is 0 Å². The molecule has 0 aromatic rings. The van der Waals surface area contributed by atoms with Crippen LogP contribution in [0.5, 0.6) is 0 Å². The number of hydrogen-bond donors (Lipinski definition) is 1. The van der Waals surface area contributed by atoms with Crippen molar-refractivity contribution in [2.75, 3.05) is 18.9 Å². The number of aliphatic hydroxyl groups excluding tert-OH is 1. The Morgan fingerprint density at radius 1 is 1.43 bits per heavy atom. The summed E-state index contributed by atoms with van der Waals surface area (Å²) in [5.41, 5.74) is 0. The molecule has 0 spiro atoms. The van der Waals surface area contributed by atoms with Crippen LogP contribution in [0.3, 0.4) is 0 Å². The Kier molecular flexibility index (Phi) is 6.75. The van der Waals surface area contributed by atoms with Crippen LogP contribution in [0.4, 0.5) is 0 Å². The second-order valence-corrected chi connectivity index (χ2v) is 2.97. The van der Waals surface area contributed by atoms with Crippen molar-refractivity contribution in [2.24, 2.45) is 0 Å². The molecular formula is C5H13OP.